The standard InChI is InChI=1S/C18H16O4/c1-2-3-14-15(20)9-6-12-10-16(21)18(22-17(12)14)11-4-7-13(19)8-5-11/h2,4-9,18-20H,1,3,10H2. The summed E-state index contributed by atoms with van der Waals surface area (Å²) in [6, 6.07) is 9.67. The quantitative estimate of drug-likeness (QED) is 0.854. The molecule has 0 bridgehead atoms. The highest BCUT2D eigenvalue weighted by molar-refractivity contribution is 5.89. The molecular weight excluding hydrogens is 280 g/mol. The molecule has 2 N–H and O–H groups in total. The largest absolute Gasteiger partial charge is 0.508 e. The monoisotopic (exact) mass is 296 g/mol. The van der Waals surface area contributed by atoms with Crippen LogP contribution in [-0.2, 0) is 17.6 Å². The number of rotatable bonds is 3. The number of hydrogen-bond acceptors (Lipinski definition) is 4. The van der Waals surface area contributed by atoms with E-state index in [0.717, 1.165) is 5.56 Å². The van der Waals surface area contributed by atoms with E-state index in [4.69, 9.17) is 4.74 Å². The molecule has 4 heteroatoms. The zero-order chi connectivity index (χ0) is 15.7. The number of phenols is 2. The van der Waals surface area contributed by atoms with Gasteiger partial charge in [-0.1, -0.05) is 24.3 Å². The molecule has 0 aliphatic carbocycles. The van der Waals surface area contributed by atoms with Gasteiger partial charge in [-0.3, -0.25) is 4.79 Å². The van der Waals surface area contributed by atoms with E-state index in [2.05, 4.69) is 6.58 Å². The molecule has 1 aliphatic rings. The van der Waals surface area contributed by atoms with E-state index in [1.165, 1.54) is 12.1 Å². The maximum Gasteiger partial charge on any atom is 0.182 e. The Morgan fingerprint density at radius 2 is 1.91 bits per heavy atom. The summed E-state index contributed by atoms with van der Waals surface area (Å²) in [5, 5.41) is 19.4. The molecule has 4 nitrogen and oxygen atoms in total. The van der Waals surface area contributed by atoms with Gasteiger partial charge in [-0.25, -0.2) is 0 Å². The van der Waals surface area contributed by atoms with E-state index in [-0.39, 0.29) is 23.7 Å². The molecule has 112 valence electrons. The second kappa shape index (κ2) is 5.56. The van der Waals surface area contributed by atoms with Crippen LogP contribution in [0.2, 0.25) is 0 Å². The van der Waals surface area contributed by atoms with E-state index in [1.54, 1.807) is 30.3 Å². The molecule has 0 radical (unpaired) electrons. The number of phenolic OH excluding ortho intramolecular Hbond substituents is 2. The number of benzene rings is 2. The van der Waals surface area contributed by atoms with Crippen molar-refractivity contribution in [2.45, 2.75) is 18.9 Å². The first-order valence-electron chi connectivity index (χ1n) is 7.03. The fraction of sp³-hybridized carbons (Fsp3) is 0.167. The van der Waals surface area contributed by atoms with Gasteiger partial charge >= 0.3 is 0 Å². The summed E-state index contributed by atoms with van der Waals surface area (Å²) in [5.41, 5.74) is 2.10. The molecule has 2 aromatic carbocycles. The summed E-state index contributed by atoms with van der Waals surface area (Å²) < 4.78 is 5.90. The van der Waals surface area contributed by atoms with Gasteiger partial charge in [0.2, 0.25) is 0 Å². The van der Waals surface area contributed by atoms with E-state index in [0.29, 0.717) is 23.3 Å². The van der Waals surface area contributed by atoms with Crippen molar-refractivity contribution < 1.29 is 19.7 Å². The number of fused-ring (bicyclic) bond motifs is 1. The first-order chi connectivity index (χ1) is 10.6. The fourth-order valence-electron chi connectivity index (χ4n) is 2.66. The molecule has 0 amide bonds. The topological polar surface area (TPSA) is 66.8 Å². The average molecular weight is 296 g/mol. The van der Waals surface area contributed by atoms with Gasteiger partial charge in [0.15, 0.2) is 11.9 Å². The fourth-order valence-corrected chi connectivity index (χ4v) is 2.66. The zero-order valence-electron chi connectivity index (χ0n) is 12.0. The van der Waals surface area contributed by atoms with Crippen molar-refractivity contribution in [3.05, 3.63) is 65.7 Å². The Morgan fingerprint density at radius 3 is 2.59 bits per heavy atom. The number of aromatic hydroxyl groups is 2. The van der Waals surface area contributed by atoms with Gasteiger partial charge in [-0.2, -0.15) is 0 Å². The van der Waals surface area contributed by atoms with E-state index in [9.17, 15) is 15.0 Å². The Bertz CT molecular complexity index is 731. The third kappa shape index (κ3) is 2.44. The van der Waals surface area contributed by atoms with Crippen LogP contribution in [0, 0.1) is 0 Å². The lowest BCUT2D eigenvalue weighted by molar-refractivity contribution is -0.126. The number of Topliss-reactive ketones (excluding diaryl/α,β-unsaturated/α-hetero) is 1. The Kier molecular flexibility index (Phi) is 3.59. The Balaban J connectivity index is 2.03. The van der Waals surface area contributed by atoms with Crippen molar-refractivity contribution in [3.63, 3.8) is 0 Å². The van der Waals surface area contributed by atoms with Crippen molar-refractivity contribution in [1.82, 2.24) is 0 Å². The summed E-state index contributed by atoms with van der Waals surface area (Å²) in [6.07, 6.45) is 1.68. The molecule has 0 saturated heterocycles. The maximum absolute atomic E-state index is 12.3. The minimum absolute atomic E-state index is 0.0477. The van der Waals surface area contributed by atoms with Crippen LogP contribution in [0.4, 0.5) is 0 Å². The minimum atomic E-state index is -0.724. The van der Waals surface area contributed by atoms with Crippen molar-refractivity contribution in [3.8, 4) is 17.2 Å². The molecule has 22 heavy (non-hydrogen) atoms. The first kappa shape index (κ1) is 14.2. The Morgan fingerprint density at radius 1 is 1.18 bits per heavy atom. The zero-order valence-corrected chi connectivity index (χ0v) is 12.0. The third-order valence-corrected chi connectivity index (χ3v) is 3.75. The number of ether oxygens (including phenoxy) is 1. The number of carbonyl (C=O) groups excluding carboxylic acids is 1. The molecular formula is C18H16O4. The van der Waals surface area contributed by atoms with Gasteiger partial charge in [0, 0.05) is 23.1 Å². The average Bonchev–Trinajstić information content (AvgIpc) is 2.51. The molecule has 1 aliphatic heterocycles. The molecule has 0 fully saturated rings. The van der Waals surface area contributed by atoms with Gasteiger partial charge < -0.3 is 14.9 Å². The van der Waals surface area contributed by atoms with E-state index >= 15 is 0 Å². The lowest BCUT2D eigenvalue weighted by Gasteiger charge is -2.27. The maximum atomic E-state index is 12.3. The molecule has 1 unspecified atom stereocenters. The van der Waals surface area contributed by atoms with Crippen LogP contribution in [-0.4, -0.2) is 16.0 Å². The lowest BCUT2D eigenvalue weighted by Crippen LogP contribution is -2.26. The number of ketones is 1. The van der Waals surface area contributed by atoms with E-state index in [1.807, 2.05) is 0 Å². The van der Waals surface area contributed by atoms with Gasteiger partial charge in [0.25, 0.3) is 0 Å². The van der Waals surface area contributed by atoms with Crippen LogP contribution in [0.15, 0.2) is 49.1 Å². The summed E-state index contributed by atoms with van der Waals surface area (Å²) in [6.45, 7) is 3.69. The van der Waals surface area contributed by atoms with Crippen LogP contribution in [0.5, 0.6) is 17.2 Å². The Labute approximate surface area is 128 Å². The summed E-state index contributed by atoms with van der Waals surface area (Å²) in [4.78, 5) is 12.3. The Hall–Kier alpha value is -2.75. The van der Waals surface area contributed by atoms with Crippen LogP contribution in [0.1, 0.15) is 22.8 Å². The molecule has 0 saturated carbocycles. The summed E-state index contributed by atoms with van der Waals surface area (Å²) >= 11 is 0. The highest BCUT2D eigenvalue weighted by atomic mass is 16.5. The normalized spacial score (nSPS) is 16.7. The summed E-state index contributed by atoms with van der Waals surface area (Å²) in [7, 11) is 0. The van der Waals surface area contributed by atoms with Crippen molar-refractivity contribution in [2.24, 2.45) is 0 Å². The molecule has 3 rings (SSSR count). The van der Waals surface area contributed by atoms with Crippen LogP contribution in [0.25, 0.3) is 0 Å². The van der Waals surface area contributed by atoms with Gasteiger partial charge in [-0.05, 0) is 24.6 Å². The second-order valence-electron chi connectivity index (χ2n) is 5.28. The van der Waals surface area contributed by atoms with Crippen LogP contribution < -0.4 is 4.74 Å². The molecule has 1 atom stereocenters. The van der Waals surface area contributed by atoms with Gasteiger partial charge in [0.05, 0.1) is 0 Å². The van der Waals surface area contributed by atoms with Crippen LogP contribution in [0.3, 0.4) is 0 Å². The highest BCUT2D eigenvalue weighted by Gasteiger charge is 2.31. The first-order valence-corrected chi connectivity index (χ1v) is 7.03. The molecule has 0 spiro atoms. The molecule has 1 heterocycles. The second-order valence-corrected chi connectivity index (χ2v) is 5.28. The SMILES string of the molecule is C=CCc1c(O)ccc2c1OC(c1ccc(O)cc1)C(=O)C2. The highest BCUT2D eigenvalue weighted by Crippen LogP contribution is 2.39. The van der Waals surface area contributed by atoms with Crippen molar-refractivity contribution >= 4 is 5.78 Å². The number of hydrogen-bond donors (Lipinski definition) is 2. The number of carbonyl (C=O) groups is 1. The number of allylic oxidation sites excluding steroid dienone is 1. The van der Waals surface area contributed by atoms with Crippen molar-refractivity contribution in [2.75, 3.05) is 0 Å². The predicted octanol–water partition coefficient (Wildman–Crippen LogP) is 3.07. The minimum Gasteiger partial charge on any atom is -0.508 e. The van der Waals surface area contributed by atoms with Gasteiger partial charge in [-0.15, -0.1) is 6.58 Å². The third-order valence-electron chi connectivity index (χ3n) is 3.75. The van der Waals surface area contributed by atoms with E-state index < -0.39 is 6.10 Å². The summed E-state index contributed by atoms with van der Waals surface area (Å²) in [5.74, 6) is 0.779. The predicted molar refractivity (Wildman–Crippen MR) is 82.2 cm³/mol. The smallest absolute Gasteiger partial charge is 0.182 e. The molecule has 2 aromatic rings. The molecule has 0 aromatic heterocycles. The van der Waals surface area contributed by atoms with Crippen LogP contribution >= 0.6 is 0 Å². The van der Waals surface area contributed by atoms with Crippen molar-refractivity contribution in [1.29, 1.82) is 0 Å². The van der Waals surface area contributed by atoms with Gasteiger partial charge in [0.1, 0.15) is 17.2 Å². The lowest BCUT2D eigenvalue weighted by atomic mass is 9.93.